The maximum atomic E-state index is 12.8. The summed E-state index contributed by atoms with van der Waals surface area (Å²) >= 11 is 0. The average Bonchev–Trinajstić information content (AvgIpc) is 3.60. The molecule has 2 aliphatic rings. The minimum atomic E-state index is -1.26. The summed E-state index contributed by atoms with van der Waals surface area (Å²) in [4.78, 5) is 33.8. The van der Waals surface area contributed by atoms with Gasteiger partial charge < -0.3 is 28.6 Å². The summed E-state index contributed by atoms with van der Waals surface area (Å²) in [6, 6.07) is 15.9. The first-order valence-electron chi connectivity index (χ1n) is 13.5. The molecule has 1 N–H and O–H groups in total. The molecule has 1 unspecified atom stereocenters. The molecule has 0 bridgehead atoms. The molecule has 4 aromatic rings. The molecule has 2 aromatic carbocycles. The van der Waals surface area contributed by atoms with E-state index in [-0.39, 0.29) is 11.6 Å². The third-order valence-electron chi connectivity index (χ3n) is 7.79. The lowest BCUT2D eigenvalue weighted by Gasteiger charge is -2.29. The van der Waals surface area contributed by atoms with E-state index in [1.54, 1.807) is 11.7 Å². The van der Waals surface area contributed by atoms with Crippen molar-refractivity contribution in [3.63, 3.8) is 0 Å². The molecular weight excluding hydrogens is 496 g/mol. The van der Waals surface area contributed by atoms with Crippen molar-refractivity contribution >= 4 is 28.8 Å². The Morgan fingerprint density at radius 1 is 1.03 bits per heavy atom. The number of benzene rings is 2. The van der Waals surface area contributed by atoms with Crippen molar-refractivity contribution < 1.29 is 19.1 Å². The van der Waals surface area contributed by atoms with Crippen LogP contribution < -0.4 is 15.2 Å². The summed E-state index contributed by atoms with van der Waals surface area (Å²) in [5.41, 5.74) is 3.74. The van der Waals surface area contributed by atoms with Gasteiger partial charge >= 0.3 is 5.97 Å². The summed E-state index contributed by atoms with van der Waals surface area (Å²) < 4.78 is 13.3. The van der Waals surface area contributed by atoms with Crippen molar-refractivity contribution in [2.45, 2.75) is 38.1 Å². The molecule has 9 heteroatoms. The fraction of sp³-hybridized carbons (Fsp3) is 0.367. The summed E-state index contributed by atoms with van der Waals surface area (Å²) in [5, 5.41) is 9.68. The number of anilines is 2. The second-order valence-electron chi connectivity index (χ2n) is 10.3. The van der Waals surface area contributed by atoms with Crippen molar-refractivity contribution in [1.29, 1.82) is 0 Å². The first-order valence-corrected chi connectivity index (χ1v) is 13.5. The van der Waals surface area contributed by atoms with E-state index in [2.05, 4.69) is 21.9 Å². The molecule has 9 nitrogen and oxygen atoms in total. The van der Waals surface area contributed by atoms with Crippen LogP contribution in [-0.2, 0) is 4.74 Å². The van der Waals surface area contributed by atoms with E-state index >= 15 is 0 Å². The highest BCUT2D eigenvalue weighted by atomic mass is 16.5. The number of aromatic carboxylic acids is 1. The number of hydrogen-bond acceptors (Lipinski definition) is 7. The Morgan fingerprint density at radius 2 is 1.79 bits per heavy atom. The predicted molar refractivity (Wildman–Crippen MR) is 150 cm³/mol. The fourth-order valence-corrected chi connectivity index (χ4v) is 5.75. The van der Waals surface area contributed by atoms with Crippen LogP contribution in [0, 0.1) is 0 Å². The maximum Gasteiger partial charge on any atom is 0.341 e. The number of carbonyl (C=O) groups is 1. The van der Waals surface area contributed by atoms with E-state index < -0.39 is 11.4 Å². The topological polar surface area (TPSA) is 101 Å². The molecule has 2 saturated heterocycles. The summed E-state index contributed by atoms with van der Waals surface area (Å²) in [6.07, 6.45) is 7.11. The van der Waals surface area contributed by atoms with E-state index in [0.717, 1.165) is 43.7 Å². The molecular formula is C30H32N4O5. The van der Waals surface area contributed by atoms with Gasteiger partial charge in [0.15, 0.2) is 11.0 Å². The molecule has 39 heavy (non-hydrogen) atoms. The van der Waals surface area contributed by atoms with Crippen LogP contribution in [0.25, 0.3) is 28.0 Å². The van der Waals surface area contributed by atoms with E-state index in [4.69, 9.17) is 14.1 Å². The smallest absolute Gasteiger partial charge is 0.341 e. The zero-order valence-corrected chi connectivity index (χ0v) is 22.0. The lowest BCUT2D eigenvalue weighted by atomic mass is 10.1. The number of nitrogens with zero attached hydrogens (tertiary/aromatic N) is 4. The zero-order chi connectivity index (χ0) is 26.9. The first-order chi connectivity index (χ1) is 19.0. The van der Waals surface area contributed by atoms with Gasteiger partial charge in [0, 0.05) is 56.4 Å². The molecule has 0 amide bonds. The van der Waals surface area contributed by atoms with Gasteiger partial charge in [-0.05, 0) is 61.9 Å². The second kappa shape index (κ2) is 10.6. The molecule has 0 spiro atoms. The van der Waals surface area contributed by atoms with Crippen LogP contribution in [0.5, 0.6) is 0 Å². The number of fused-ring (bicyclic) bond motifs is 1. The number of methoxy groups -OCH3 is 1. The molecule has 2 fully saturated rings. The molecule has 2 aromatic heterocycles. The highest BCUT2D eigenvalue weighted by Crippen LogP contribution is 2.31. The van der Waals surface area contributed by atoms with Crippen LogP contribution in [0.3, 0.4) is 0 Å². The Morgan fingerprint density at radius 3 is 2.54 bits per heavy atom. The highest BCUT2D eigenvalue weighted by Gasteiger charge is 2.28. The van der Waals surface area contributed by atoms with E-state index in [1.165, 1.54) is 31.5 Å². The quantitative estimate of drug-likeness (QED) is 0.360. The highest BCUT2D eigenvalue weighted by molar-refractivity contribution is 5.88. The Balaban J connectivity index is 1.40. The number of ether oxygens (including phenoxy) is 1. The summed E-state index contributed by atoms with van der Waals surface area (Å²) in [5.74, 6) is -1.26. The first kappa shape index (κ1) is 25.2. The van der Waals surface area contributed by atoms with Gasteiger partial charge in [-0.2, -0.15) is 4.98 Å². The minimum absolute atomic E-state index is 0.221. The molecule has 0 saturated carbocycles. The van der Waals surface area contributed by atoms with Gasteiger partial charge in [0.1, 0.15) is 11.1 Å². The monoisotopic (exact) mass is 528 g/mol. The van der Waals surface area contributed by atoms with Crippen LogP contribution in [0.4, 0.5) is 11.7 Å². The molecule has 2 aliphatic heterocycles. The number of pyridine rings is 1. The van der Waals surface area contributed by atoms with Crippen LogP contribution >= 0.6 is 0 Å². The minimum Gasteiger partial charge on any atom is -0.477 e. The summed E-state index contributed by atoms with van der Waals surface area (Å²) in [7, 11) is 1.70. The third kappa shape index (κ3) is 4.90. The Kier molecular flexibility index (Phi) is 6.83. The van der Waals surface area contributed by atoms with Crippen LogP contribution in [0.1, 0.15) is 42.5 Å². The number of rotatable bonds is 7. The van der Waals surface area contributed by atoms with Gasteiger partial charge in [0.2, 0.25) is 0 Å². The molecule has 0 aliphatic carbocycles. The Hall–Kier alpha value is -4.11. The predicted octanol–water partition coefficient (Wildman–Crippen LogP) is 4.95. The van der Waals surface area contributed by atoms with Gasteiger partial charge in [-0.25, -0.2) is 4.79 Å². The molecule has 0 radical (unpaired) electrons. The van der Waals surface area contributed by atoms with Crippen molar-refractivity contribution in [3.05, 3.63) is 70.5 Å². The Bertz CT molecular complexity index is 1550. The SMILES string of the molecule is COCC1CCCN1c1nc2ccc(-n3cc(C(=O)O)c(=O)cc3-c3ccc(N4CCCCC4)cc3)cc2o1. The molecule has 202 valence electrons. The van der Waals surface area contributed by atoms with E-state index in [9.17, 15) is 14.7 Å². The van der Waals surface area contributed by atoms with Crippen molar-refractivity contribution in [2.75, 3.05) is 43.2 Å². The van der Waals surface area contributed by atoms with Crippen LogP contribution in [0.2, 0.25) is 0 Å². The maximum absolute atomic E-state index is 12.8. The third-order valence-corrected chi connectivity index (χ3v) is 7.79. The van der Waals surface area contributed by atoms with Gasteiger partial charge in [0.05, 0.1) is 18.3 Å². The van der Waals surface area contributed by atoms with Crippen LogP contribution in [-0.4, -0.2) is 60.0 Å². The van der Waals surface area contributed by atoms with E-state index in [0.29, 0.717) is 35.1 Å². The fourth-order valence-electron chi connectivity index (χ4n) is 5.75. The largest absolute Gasteiger partial charge is 0.477 e. The lowest BCUT2D eigenvalue weighted by Crippen LogP contribution is -2.32. The van der Waals surface area contributed by atoms with Gasteiger partial charge in [-0.15, -0.1) is 0 Å². The van der Waals surface area contributed by atoms with Crippen molar-refractivity contribution in [3.8, 4) is 16.9 Å². The average molecular weight is 529 g/mol. The van der Waals surface area contributed by atoms with Crippen molar-refractivity contribution in [2.24, 2.45) is 0 Å². The van der Waals surface area contributed by atoms with Gasteiger partial charge in [-0.3, -0.25) is 4.79 Å². The van der Waals surface area contributed by atoms with Crippen LogP contribution in [0.15, 0.2) is 63.9 Å². The number of carboxylic acid groups (broad SMARTS) is 1. The molecule has 4 heterocycles. The second-order valence-corrected chi connectivity index (χ2v) is 10.3. The van der Waals surface area contributed by atoms with E-state index in [1.807, 2.05) is 30.3 Å². The lowest BCUT2D eigenvalue weighted by molar-refractivity contribution is 0.0695. The number of carboxylic acids is 1. The van der Waals surface area contributed by atoms with Gasteiger partial charge in [-0.1, -0.05) is 12.1 Å². The van der Waals surface area contributed by atoms with Crippen molar-refractivity contribution in [1.82, 2.24) is 9.55 Å². The zero-order valence-electron chi connectivity index (χ0n) is 22.0. The molecule has 6 rings (SSSR count). The number of piperidine rings is 1. The van der Waals surface area contributed by atoms with Gasteiger partial charge in [0.25, 0.3) is 6.01 Å². The normalized spacial score (nSPS) is 17.7. The number of aromatic nitrogens is 2. The Labute approximate surface area is 226 Å². The molecule has 1 atom stereocenters. The number of oxazole rings is 1. The number of hydrogen-bond donors (Lipinski definition) is 1. The summed E-state index contributed by atoms with van der Waals surface area (Å²) in [6.45, 7) is 3.55. The standard InChI is InChI=1S/C30H32N4O5/c1-38-19-23-6-5-15-33(23)30-31-25-12-11-22(16-28(25)39-30)34-18-24(29(36)37)27(35)17-26(34)20-7-9-21(10-8-20)32-13-3-2-4-14-32/h7-12,16-18,23H,2-6,13-15,19H2,1H3,(H,36,37).